The summed E-state index contributed by atoms with van der Waals surface area (Å²) in [5.74, 6) is 1.02. The second-order valence-corrected chi connectivity index (χ2v) is 6.43. The first-order chi connectivity index (χ1) is 13.5. The molecule has 28 heavy (non-hydrogen) atoms. The van der Waals surface area contributed by atoms with Gasteiger partial charge in [-0.2, -0.15) is 0 Å². The van der Waals surface area contributed by atoms with Crippen LogP contribution in [0.5, 0.6) is 11.5 Å². The summed E-state index contributed by atoms with van der Waals surface area (Å²) in [7, 11) is 1.73. The molecule has 2 amide bonds. The average Bonchev–Trinajstić information content (AvgIpc) is 2.70. The van der Waals surface area contributed by atoms with Gasteiger partial charge in [-0.15, -0.1) is 0 Å². The molecule has 0 heterocycles. The minimum absolute atomic E-state index is 0.0353. The van der Waals surface area contributed by atoms with Crippen LogP contribution in [0, 0.1) is 0 Å². The van der Waals surface area contributed by atoms with Gasteiger partial charge >= 0.3 is 0 Å². The third kappa shape index (κ3) is 4.98. The number of carbonyl (C=O) groups is 2. The zero-order valence-electron chi connectivity index (χ0n) is 15.9. The summed E-state index contributed by atoms with van der Waals surface area (Å²) in [6, 6.07) is 23.9. The van der Waals surface area contributed by atoms with E-state index in [-0.39, 0.29) is 11.8 Å². The van der Waals surface area contributed by atoms with Gasteiger partial charge in [0.25, 0.3) is 5.91 Å². The Balaban J connectivity index is 1.75. The van der Waals surface area contributed by atoms with E-state index in [1.807, 2.05) is 54.6 Å². The molecule has 0 saturated heterocycles. The van der Waals surface area contributed by atoms with Gasteiger partial charge in [0, 0.05) is 31.8 Å². The Morgan fingerprint density at radius 3 is 2.32 bits per heavy atom. The van der Waals surface area contributed by atoms with Crippen molar-refractivity contribution in [1.82, 2.24) is 4.90 Å². The molecule has 0 aliphatic rings. The standard InChI is InChI=1S/C23H22N2O3/c1-17(26)25(2)16-19-9-6-7-14-22(19)24-23(27)18-10-8-13-21(15-18)28-20-11-4-3-5-12-20/h3-15H,16H2,1-2H3,(H,24,27). The minimum Gasteiger partial charge on any atom is -0.457 e. The highest BCUT2D eigenvalue weighted by atomic mass is 16.5. The smallest absolute Gasteiger partial charge is 0.255 e. The summed E-state index contributed by atoms with van der Waals surface area (Å²) >= 11 is 0. The molecule has 0 aromatic heterocycles. The highest BCUT2D eigenvalue weighted by molar-refractivity contribution is 6.04. The summed E-state index contributed by atoms with van der Waals surface area (Å²) in [6.45, 7) is 1.93. The van der Waals surface area contributed by atoms with Gasteiger partial charge in [-0.05, 0) is 42.0 Å². The van der Waals surface area contributed by atoms with Crippen molar-refractivity contribution in [2.45, 2.75) is 13.5 Å². The van der Waals surface area contributed by atoms with E-state index in [9.17, 15) is 9.59 Å². The monoisotopic (exact) mass is 374 g/mol. The number of rotatable bonds is 6. The lowest BCUT2D eigenvalue weighted by Crippen LogP contribution is -2.24. The molecule has 0 spiro atoms. The number of nitrogens with zero attached hydrogens (tertiary/aromatic N) is 1. The van der Waals surface area contributed by atoms with Gasteiger partial charge in [0.05, 0.1) is 0 Å². The summed E-state index contributed by atoms with van der Waals surface area (Å²) in [5.41, 5.74) is 2.03. The second kappa shape index (κ2) is 8.86. The fourth-order valence-electron chi connectivity index (χ4n) is 2.67. The zero-order chi connectivity index (χ0) is 19.9. The lowest BCUT2D eigenvalue weighted by atomic mass is 10.1. The molecular formula is C23H22N2O3. The number of para-hydroxylation sites is 2. The van der Waals surface area contributed by atoms with Gasteiger partial charge in [-0.3, -0.25) is 9.59 Å². The number of anilines is 1. The molecular weight excluding hydrogens is 352 g/mol. The topological polar surface area (TPSA) is 58.6 Å². The third-order valence-corrected chi connectivity index (χ3v) is 4.29. The van der Waals surface area contributed by atoms with Gasteiger partial charge in [0.2, 0.25) is 5.91 Å². The first kappa shape index (κ1) is 19.2. The van der Waals surface area contributed by atoms with E-state index in [4.69, 9.17) is 4.74 Å². The second-order valence-electron chi connectivity index (χ2n) is 6.43. The molecule has 3 rings (SSSR count). The Kier molecular flexibility index (Phi) is 6.07. The molecule has 5 heteroatoms. The van der Waals surface area contributed by atoms with Crippen molar-refractivity contribution in [3.8, 4) is 11.5 Å². The van der Waals surface area contributed by atoms with Gasteiger partial charge in [0.15, 0.2) is 0 Å². The number of hydrogen-bond donors (Lipinski definition) is 1. The molecule has 0 atom stereocenters. The molecule has 0 aliphatic carbocycles. The lowest BCUT2D eigenvalue weighted by Gasteiger charge is -2.18. The summed E-state index contributed by atoms with van der Waals surface area (Å²) in [5, 5.41) is 2.93. The Hall–Kier alpha value is -3.60. The van der Waals surface area contributed by atoms with E-state index in [0.717, 1.165) is 5.56 Å². The van der Waals surface area contributed by atoms with Crippen molar-refractivity contribution in [2.75, 3.05) is 12.4 Å². The van der Waals surface area contributed by atoms with E-state index >= 15 is 0 Å². The minimum atomic E-state index is -0.239. The molecule has 3 aromatic rings. The number of hydrogen-bond acceptors (Lipinski definition) is 3. The van der Waals surface area contributed by atoms with Crippen LogP contribution in [0.2, 0.25) is 0 Å². The van der Waals surface area contributed by atoms with E-state index in [2.05, 4.69) is 5.32 Å². The van der Waals surface area contributed by atoms with Crippen LogP contribution in [0.1, 0.15) is 22.8 Å². The van der Waals surface area contributed by atoms with Crippen LogP contribution in [0.3, 0.4) is 0 Å². The van der Waals surface area contributed by atoms with Crippen molar-refractivity contribution >= 4 is 17.5 Å². The van der Waals surface area contributed by atoms with Crippen LogP contribution in [-0.2, 0) is 11.3 Å². The molecule has 1 N–H and O–H groups in total. The Labute approximate surface area is 164 Å². The molecule has 0 radical (unpaired) electrons. The van der Waals surface area contributed by atoms with Crippen LogP contribution in [0.4, 0.5) is 5.69 Å². The zero-order valence-corrected chi connectivity index (χ0v) is 15.9. The predicted octanol–water partition coefficient (Wildman–Crippen LogP) is 4.71. The fourth-order valence-corrected chi connectivity index (χ4v) is 2.67. The molecule has 142 valence electrons. The maximum atomic E-state index is 12.7. The first-order valence-electron chi connectivity index (χ1n) is 8.97. The Bertz CT molecular complexity index is 970. The van der Waals surface area contributed by atoms with E-state index in [1.165, 1.54) is 6.92 Å². The van der Waals surface area contributed by atoms with Crippen molar-refractivity contribution in [3.63, 3.8) is 0 Å². The largest absolute Gasteiger partial charge is 0.457 e. The summed E-state index contributed by atoms with van der Waals surface area (Å²) < 4.78 is 5.80. The first-order valence-corrected chi connectivity index (χ1v) is 8.97. The van der Waals surface area contributed by atoms with Gasteiger partial charge in [-0.1, -0.05) is 42.5 Å². The maximum absolute atomic E-state index is 12.7. The van der Waals surface area contributed by atoms with Crippen LogP contribution in [0.15, 0.2) is 78.9 Å². The predicted molar refractivity (Wildman–Crippen MR) is 110 cm³/mol. The normalized spacial score (nSPS) is 10.2. The molecule has 0 saturated carbocycles. The van der Waals surface area contributed by atoms with Gasteiger partial charge in [-0.25, -0.2) is 0 Å². The average molecular weight is 374 g/mol. The van der Waals surface area contributed by atoms with Crippen molar-refractivity contribution in [2.24, 2.45) is 0 Å². The van der Waals surface area contributed by atoms with E-state index in [1.54, 1.807) is 36.2 Å². The molecule has 0 aliphatic heterocycles. The maximum Gasteiger partial charge on any atom is 0.255 e. The Morgan fingerprint density at radius 1 is 0.893 bits per heavy atom. The number of carbonyl (C=O) groups excluding carboxylic acids is 2. The molecule has 5 nitrogen and oxygen atoms in total. The van der Waals surface area contributed by atoms with Crippen LogP contribution >= 0.6 is 0 Å². The van der Waals surface area contributed by atoms with Crippen LogP contribution in [0.25, 0.3) is 0 Å². The number of nitrogens with one attached hydrogen (secondary N) is 1. The van der Waals surface area contributed by atoms with Crippen LogP contribution in [-0.4, -0.2) is 23.8 Å². The highest BCUT2D eigenvalue weighted by Crippen LogP contribution is 2.23. The van der Waals surface area contributed by atoms with Crippen LogP contribution < -0.4 is 10.1 Å². The molecule has 0 bridgehead atoms. The SMILES string of the molecule is CC(=O)N(C)Cc1ccccc1NC(=O)c1cccc(Oc2ccccc2)c1. The number of ether oxygens (including phenoxy) is 1. The highest BCUT2D eigenvalue weighted by Gasteiger charge is 2.12. The fraction of sp³-hybridized carbons (Fsp3) is 0.130. The third-order valence-electron chi connectivity index (χ3n) is 4.29. The van der Waals surface area contributed by atoms with E-state index in [0.29, 0.717) is 29.3 Å². The van der Waals surface area contributed by atoms with E-state index < -0.39 is 0 Å². The molecule has 3 aromatic carbocycles. The van der Waals surface area contributed by atoms with Gasteiger partial charge in [0.1, 0.15) is 11.5 Å². The van der Waals surface area contributed by atoms with Crippen molar-refractivity contribution in [1.29, 1.82) is 0 Å². The van der Waals surface area contributed by atoms with Crippen molar-refractivity contribution in [3.05, 3.63) is 90.0 Å². The van der Waals surface area contributed by atoms with Crippen molar-refractivity contribution < 1.29 is 14.3 Å². The Morgan fingerprint density at radius 2 is 1.57 bits per heavy atom. The number of benzene rings is 3. The molecule has 0 fully saturated rings. The lowest BCUT2D eigenvalue weighted by molar-refractivity contribution is -0.128. The van der Waals surface area contributed by atoms with Gasteiger partial charge < -0.3 is 15.0 Å². The number of amides is 2. The quantitative estimate of drug-likeness (QED) is 0.680. The molecule has 0 unspecified atom stereocenters. The summed E-state index contributed by atoms with van der Waals surface area (Å²) in [4.78, 5) is 25.9. The summed E-state index contributed by atoms with van der Waals surface area (Å²) in [6.07, 6.45) is 0.